The van der Waals surface area contributed by atoms with Gasteiger partial charge in [0, 0.05) is 12.5 Å². The molecule has 0 unspecified atom stereocenters. The molecule has 0 amide bonds. The van der Waals surface area contributed by atoms with Crippen molar-refractivity contribution < 1.29 is 31.7 Å². The summed E-state index contributed by atoms with van der Waals surface area (Å²) in [7, 11) is 0. The number of carbonyl (C=O) groups excluding carboxylic acids is 1. The number of esters is 1. The monoisotopic (exact) mass is 485 g/mol. The van der Waals surface area contributed by atoms with E-state index in [0.717, 1.165) is 17.2 Å². The number of hydrogen-bond donors (Lipinski definition) is 0. The maximum absolute atomic E-state index is 12.5. The zero-order valence-corrected chi connectivity index (χ0v) is 19.8. The van der Waals surface area contributed by atoms with Gasteiger partial charge in [0.15, 0.2) is 0 Å². The quantitative estimate of drug-likeness (QED) is 0.423. The van der Waals surface area contributed by atoms with Crippen molar-refractivity contribution in [1.29, 1.82) is 0 Å². The van der Waals surface area contributed by atoms with Crippen molar-refractivity contribution in [3.8, 4) is 0 Å². The second-order valence-corrected chi connectivity index (χ2v) is 7.25. The molecule has 0 saturated heterocycles. The van der Waals surface area contributed by atoms with Gasteiger partial charge in [0.2, 0.25) is 0 Å². The molecule has 2 aliphatic carbocycles. The van der Waals surface area contributed by atoms with E-state index in [4.69, 9.17) is 4.74 Å². The minimum absolute atomic E-state index is 0. The molecule has 6 nitrogen and oxygen atoms in total. The predicted octanol–water partition coefficient (Wildman–Crippen LogP) is 3.57. The number of nitrogens with zero attached hydrogens (tertiary/aromatic N) is 3. The second-order valence-electron chi connectivity index (χ2n) is 7.25. The molecule has 7 heteroatoms. The molecule has 2 aromatic rings. The van der Waals surface area contributed by atoms with Crippen molar-refractivity contribution in [1.82, 2.24) is 9.78 Å². The molecule has 0 bridgehead atoms. The Morgan fingerprint density at radius 1 is 1.06 bits per heavy atom. The Morgan fingerprint density at radius 3 is 2.24 bits per heavy atom. The molecule has 2 fully saturated rings. The summed E-state index contributed by atoms with van der Waals surface area (Å²) < 4.78 is 6.53. The maximum Gasteiger partial charge on any atom is 2.00 e. The molecule has 0 aliphatic heterocycles. The molecule has 0 spiro atoms. The number of benzene rings is 1. The van der Waals surface area contributed by atoms with Crippen molar-refractivity contribution in [3.05, 3.63) is 116 Å². The standard InChI is InChI=1S/C21H22N3O3.C5H5.Fe/c1-3-27-21(26)20-12-19(16-6-4-5-7-16)23-24(20)14-18(25)13-22-17-10-8-15(2)9-11-17;1-2-4-5-3-1;/h4-12,18H,3,13-14H2,1-2H3;1-5H;/q-2;;+2/t18-;;/m1../s1. The van der Waals surface area contributed by atoms with Gasteiger partial charge in [-0.25, -0.2) is 4.79 Å². The summed E-state index contributed by atoms with van der Waals surface area (Å²) in [6.45, 7) is 4.16. The SMILES string of the molecule is CCOC(=O)c1cc([C]2[CH][CH][CH][CH]2)nn1C[C@H]([O-])C[N-]c1ccc(C)cc1.[CH]1[CH][CH][CH][CH]1.[Fe+2]. The van der Waals surface area contributed by atoms with Crippen molar-refractivity contribution in [2.75, 3.05) is 13.2 Å². The third kappa shape index (κ3) is 8.80. The summed E-state index contributed by atoms with van der Waals surface area (Å²) in [6, 6.07) is 9.34. The van der Waals surface area contributed by atoms with Crippen molar-refractivity contribution in [3.63, 3.8) is 0 Å². The van der Waals surface area contributed by atoms with Crippen LogP contribution in [0.25, 0.3) is 5.32 Å². The van der Waals surface area contributed by atoms with E-state index < -0.39 is 12.1 Å². The van der Waals surface area contributed by atoms with Crippen LogP contribution in [-0.4, -0.2) is 35.0 Å². The molecule has 4 rings (SSSR count). The van der Waals surface area contributed by atoms with Gasteiger partial charge < -0.3 is 15.2 Å². The van der Waals surface area contributed by atoms with E-state index in [1.54, 1.807) is 13.0 Å². The summed E-state index contributed by atoms with van der Waals surface area (Å²) in [5.74, 6) is 0.413. The van der Waals surface area contributed by atoms with E-state index in [0.29, 0.717) is 5.69 Å². The van der Waals surface area contributed by atoms with E-state index in [1.165, 1.54) is 4.68 Å². The van der Waals surface area contributed by atoms with Crippen LogP contribution in [0.2, 0.25) is 0 Å². The van der Waals surface area contributed by atoms with Gasteiger partial charge in [0.25, 0.3) is 0 Å². The van der Waals surface area contributed by atoms with Crippen LogP contribution in [0.3, 0.4) is 0 Å². The second kappa shape index (κ2) is 14.4. The van der Waals surface area contributed by atoms with E-state index in [9.17, 15) is 9.90 Å². The summed E-state index contributed by atoms with van der Waals surface area (Å²) in [5.41, 5.74) is 2.84. The average Bonchev–Trinajstić information content (AvgIpc) is 3.57. The molecule has 1 heterocycles. The van der Waals surface area contributed by atoms with E-state index in [1.807, 2.05) is 89.0 Å². The Morgan fingerprint density at radius 2 is 1.67 bits per heavy atom. The molecule has 1 atom stereocenters. The third-order valence-corrected chi connectivity index (χ3v) is 4.67. The fourth-order valence-corrected chi connectivity index (χ4v) is 3.04. The van der Waals surface area contributed by atoms with Crippen LogP contribution in [0, 0.1) is 70.6 Å². The van der Waals surface area contributed by atoms with Crippen LogP contribution in [0.5, 0.6) is 0 Å². The number of aromatic nitrogens is 2. The Balaban J connectivity index is 0.000000568. The fraction of sp³-hybridized carbons (Fsp3) is 0.231. The van der Waals surface area contributed by atoms with Crippen LogP contribution in [0.4, 0.5) is 5.69 Å². The van der Waals surface area contributed by atoms with Gasteiger partial charge in [-0.3, -0.25) is 4.68 Å². The molecular weight excluding hydrogens is 458 g/mol. The minimum atomic E-state index is -1.02. The Kier molecular flexibility index (Phi) is 12.0. The third-order valence-electron chi connectivity index (χ3n) is 4.67. The maximum atomic E-state index is 12.5. The zero-order chi connectivity index (χ0) is 22.8. The van der Waals surface area contributed by atoms with Gasteiger partial charge in [0.1, 0.15) is 5.69 Å². The smallest absolute Gasteiger partial charge is 0.852 e. The van der Waals surface area contributed by atoms with E-state index in [-0.39, 0.29) is 42.5 Å². The van der Waals surface area contributed by atoms with Crippen LogP contribution in [0.15, 0.2) is 30.3 Å². The normalized spacial score (nSPS) is 16.5. The van der Waals surface area contributed by atoms with Gasteiger partial charge in [-0.1, -0.05) is 29.8 Å². The zero-order valence-electron chi connectivity index (χ0n) is 18.7. The van der Waals surface area contributed by atoms with Crippen LogP contribution in [0.1, 0.15) is 28.7 Å². The van der Waals surface area contributed by atoms with Crippen LogP contribution < -0.4 is 5.11 Å². The molecule has 2 aliphatic rings. The fourth-order valence-electron chi connectivity index (χ4n) is 3.04. The first kappa shape index (κ1) is 27.4. The molecule has 0 N–H and O–H groups in total. The summed E-state index contributed by atoms with van der Waals surface area (Å²) in [6.07, 6.45) is 16.6. The van der Waals surface area contributed by atoms with Gasteiger partial charge in [-0.15, -0.1) is 18.3 Å². The number of rotatable bonds is 8. The first-order valence-electron chi connectivity index (χ1n) is 10.6. The number of aryl methyl sites for hydroxylation is 1. The molecule has 33 heavy (non-hydrogen) atoms. The molecule has 1 aromatic heterocycles. The van der Waals surface area contributed by atoms with Crippen LogP contribution >= 0.6 is 0 Å². The van der Waals surface area contributed by atoms with Gasteiger partial charge in [0.05, 0.1) is 12.3 Å². The van der Waals surface area contributed by atoms with Crippen molar-refractivity contribution in [2.24, 2.45) is 0 Å². The molecule has 2 saturated carbocycles. The summed E-state index contributed by atoms with van der Waals surface area (Å²) >= 11 is 0. The molecule has 10 radical (unpaired) electrons. The first-order valence-corrected chi connectivity index (χ1v) is 10.6. The van der Waals surface area contributed by atoms with Crippen LogP contribution in [-0.2, 0) is 28.4 Å². The van der Waals surface area contributed by atoms with E-state index >= 15 is 0 Å². The van der Waals surface area contributed by atoms with E-state index in [2.05, 4.69) is 10.4 Å². The number of carbonyl (C=O) groups is 1. The first-order chi connectivity index (χ1) is 15.6. The molecule has 1 aromatic carbocycles. The number of ether oxygens (including phenoxy) is 1. The van der Waals surface area contributed by atoms with Gasteiger partial charge >= 0.3 is 23.0 Å². The number of hydrogen-bond acceptors (Lipinski definition) is 4. The Bertz CT molecular complexity index is 820. The van der Waals surface area contributed by atoms with Gasteiger partial charge in [-0.05, 0) is 77.7 Å². The summed E-state index contributed by atoms with van der Waals surface area (Å²) in [4.78, 5) is 12.2. The van der Waals surface area contributed by atoms with Crippen molar-refractivity contribution >= 4 is 11.7 Å². The van der Waals surface area contributed by atoms with Gasteiger partial charge in [-0.2, -0.15) is 5.10 Å². The topological polar surface area (TPSA) is 81.3 Å². The van der Waals surface area contributed by atoms with Crippen molar-refractivity contribution in [2.45, 2.75) is 26.5 Å². The molecule has 172 valence electrons. The Hall–Kier alpha value is -1.82. The largest absolute Gasteiger partial charge is 2.00 e. The molecular formula is C26H27FeN3O3. The predicted molar refractivity (Wildman–Crippen MR) is 122 cm³/mol. The average molecular weight is 485 g/mol. The Labute approximate surface area is 209 Å². The summed E-state index contributed by atoms with van der Waals surface area (Å²) in [5, 5.41) is 21.2. The minimum Gasteiger partial charge on any atom is -0.852 e.